The summed E-state index contributed by atoms with van der Waals surface area (Å²) in [4.78, 5) is 25.8. The van der Waals surface area contributed by atoms with Gasteiger partial charge >= 0.3 is 74.6 Å². The van der Waals surface area contributed by atoms with Crippen LogP contribution in [0.25, 0.3) is 11.1 Å². The molecule has 52 heavy (non-hydrogen) atoms. The average molecular weight is 898 g/mol. The van der Waals surface area contributed by atoms with E-state index in [9.17, 15) is 22.8 Å². The first-order valence-corrected chi connectivity index (χ1v) is 15.3. The van der Waals surface area contributed by atoms with E-state index in [0.717, 1.165) is 34.1 Å². The van der Waals surface area contributed by atoms with E-state index in [2.05, 4.69) is 45.1 Å². The third kappa shape index (κ3) is 10.9. The number of methoxy groups -OCH3 is 2. The second kappa shape index (κ2) is 24.4. The van der Waals surface area contributed by atoms with Crippen molar-refractivity contribution in [2.45, 2.75) is 31.3 Å². The fourth-order valence-corrected chi connectivity index (χ4v) is 9.37. The molecule has 9 nitrogen and oxygen atoms in total. The Bertz CT molecular complexity index is 1850. The molecule has 3 aromatic rings. The van der Waals surface area contributed by atoms with E-state index >= 15 is 0 Å². The molecular weight excluding hydrogens is 872 g/mol. The number of carbonyl (C=O) groups is 2. The van der Waals surface area contributed by atoms with E-state index in [1.54, 1.807) is 0 Å². The molecule has 2 atom stereocenters. The first kappa shape index (κ1) is 49.4. The molecule has 2 unspecified atom stereocenters. The summed E-state index contributed by atoms with van der Waals surface area (Å²) in [5, 5.41) is 0.952. The van der Waals surface area contributed by atoms with Crippen LogP contribution >= 0.6 is 7.92 Å². The van der Waals surface area contributed by atoms with E-state index in [1.807, 2.05) is 62.4 Å². The molecule has 0 saturated heterocycles. The fraction of sp³-hybridized carbons (Fsp3) is 0.184. The molecule has 0 N–H and O–H groups in total. The molecule has 0 radical (unpaired) electrons. The Morgan fingerprint density at radius 3 is 1.46 bits per heavy atom. The summed E-state index contributed by atoms with van der Waals surface area (Å²) < 4.78 is 86.9. The van der Waals surface area contributed by atoms with Crippen LogP contribution in [-0.2, 0) is 69.6 Å². The molecule has 0 amide bonds. The molecule has 3 aromatic carbocycles. The van der Waals surface area contributed by atoms with Crippen molar-refractivity contribution in [1.82, 2.24) is 0 Å². The maximum Gasteiger partial charge on any atom is 0 e. The van der Waals surface area contributed by atoms with Crippen molar-refractivity contribution in [1.29, 1.82) is 0 Å². The predicted molar refractivity (Wildman–Crippen MR) is 173 cm³/mol. The number of ether oxygens (including phenoxy) is 2. The molecule has 0 fully saturated rings. The van der Waals surface area contributed by atoms with Gasteiger partial charge in [-0.25, -0.2) is 9.59 Å². The molecule has 0 saturated carbocycles. The van der Waals surface area contributed by atoms with Gasteiger partial charge in [0.2, 0.25) is 0 Å². The van der Waals surface area contributed by atoms with Gasteiger partial charge in [0.15, 0.2) is 0 Å². The quantitative estimate of drug-likeness (QED) is 0.0740. The molecule has 2 bridgehead atoms. The minimum absolute atomic E-state index is 0. The molecule has 0 aromatic heterocycles. The zero-order valence-corrected chi connectivity index (χ0v) is 31.6. The van der Waals surface area contributed by atoms with Crippen LogP contribution in [0.4, 0.5) is 13.2 Å². The summed E-state index contributed by atoms with van der Waals surface area (Å²) in [7, 11) is 1.50. The topological polar surface area (TPSA) is 152 Å². The van der Waals surface area contributed by atoms with Crippen LogP contribution in [0.1, 0.15) is 30.5 Å². The van der Waals surface area contributed by atoms with Crippen LogP contribution in [0.15, 0.2) is 95.1 Å². The summed E-state index contributed by atoms with van der Waals surface area (Å²) >= 11 is 0. The van der Waals surface area contributed by atoms with Crippen molar-refractivity contribution in [3.8, 4) is 23.0 Å². The van der Waals surface area contributed by atoms with Gasteiger partial charge in [-0.15, -0.1) is 0 Å². The summed E-state index contributed by atoms with van der Waals surface area (Å²) in [6.07, 6.45) is -4.41. The van der Waals surface area contributed by atoms with Crippen molar-refractivity contribution in [3.05, 3.63) is 145 Å². The first-order valence-electron chi connectivity index (χ1n) is 13.8. The molecule has 0 spiro atoms. The molecule has 14 heteroatoms. The molecule has 2 aliphatic heterocycles. The van der Waals surface area contributed by atoms with Gasteiger partial charge in [0.25, 0.3) is 0 Å². The smallest absolute Gasteiger partial charge is 0 e. The van der Waals surface area contributed by atoms with Crippen molar-refractivity contribution >= 4 is 25.2 Å². The van der Waals surface area contributed by atoms with Crippen molar-refractivity contribution < 1.29 is 76.6 Å². The molecular formula is C38H26F3O9PW. The van der Waals surface area contributed by atoms with Crippen LogP contribution in [0, 0.1) is 45.1 Å². The zero-order valence-electron chi connectivity index (χ0n) is 27.7. The van der Waals surface area contributed by atoms with Gasteiger partial charge in [0.05, 0.1) is 30.9 Å². The van der Waals surface area contributed by atoms with Crippen LogP contribution in [0.3, 0.4) is 0 Å². The number of fused-ring (bicyclic) bond motifs is 2. The first-order chi connectivity index (χ1) is 24.6. The standard InChI is InChI=1S/C33H26F3O4P.5CO.W/c1-19-20(2)30-28(32(38)40-4)27(31(37)39-3)29(19)41(30)26-12-8-6-10-23(26)14-13-21-9-5-7-11-25(21)22-15-17-24(18-16-22)33(34,35)36;5*1-2;/h5-12,15-18,29-30H,1-4H3;;;;;;. The molecule has 2 heterocycles. The fourth-order valence-electron chi connectivity index (χ4n) is 5.57. The number of hydrogen-bond acceptors (Lipinski definition) is 4. The Morgan fingerprint density at radius 2 is 1.04 bits per heavy atom. The summed E-state index contributed by atoms with van der Waals surface area (Å²) in [5.41, 5.74) is 4.27. The molecule has 2 aliphatic rings. The molecule has 5 rings (SSSR count). The summed E-state index contributed by atoms with van der Waals surface area (Å²) in [5.74, 6) is 5.44. The Balaban J connectivity index is 0. The third-order valence-corrected chi connectivity index (χ3v) is 11.0. The number of allylic oxidation sites excluding steroid dienone is 2. The second-order valence-electron chi connectivity index (χ2n) is 9.78. The maximum absolute atomic E-state index is 13.1. The monoisotopic (exact) mass is 898 g/mol. The number of alkyl halides is 3. The predicted octanol–water partition coefficient (Wildman–Crippen LogP) is 6.43. The Hall–Kier alpha value is -4.75. The molecule has 0 aliphatic carbocycles. The minimum Gasteiger partial charge on any atom is 0 e. The van der Waals surface area contributed by atoms with Gasteiger partial charge in [-0.1, -0.05) is 71.5 Å². The zero-order chi connectivity index (χ0) is 39.5. The Morgan fingerprint density at radius 1 is 0.654 bits per heavy atom. The second-order valence-corrected chi connectivity index (χ2v) is 12.1. The van der Waals surface area contributed by atoms with Gasteiger partial charge < -0.3 is 9.47 Å². The summed E-state index contributed by atoms with van der Waals surface area (Å²) in [6, 6.07) is 20.0. The van der Waals surface area contributed by atoms with Crippen molar-refractivity contribution in [3.63, 3.8) is 0 Å². The average Bonchev–Trinajstić information content (AvgIpc) is 3.67. The third-order valence-electron chi connectivity index (χ3n) is 7.61. The number of hydrogen-bond donors (Lipinski definition) is 0. The number of halogens is 3. The normalized spacial score (nSPS) is 15.7. The maximum atomic E-state index is 13.1. The van der Waals surface area contributed by atoms with E-state index in [1.165, 1.54) is 26.4 Å². The SMILES string of the molecule is COC(=O)C1=C(C(=O)OC)C2C(C)=C(C)C1P2c1ccccc1C#Cc1ccccc1-c1ccc(C(F)(F)F)cc1.[C-]#[O+].[C-]#[O+].[C-]#[O+].[C-]#[O+].[C-]#[O+].[W]. The van der Waals surface area contributed by atoms with E-state index in [-0.39, 0.29) is 32.4 Å². The summed E-state index contributed by atoms with van der Waals surface area (Å²) in [6.45, 7) is 26.5. The van der Waals surface area contributed by atoms with Gasteiger partial charge in [-0.2, -0.15) is 13.2 Å². The Labute approximate surface area is 314 Å². The van der Waals surface area contributed by atoms with E-state index < -0.39 is 31.6 Å². The Kier molecular flexibility index (Phi) is 23.2. The van der Waals surface area contributed by atoms with Gasteiger partial charge in [-0.05, 0) is 62.5 Å². The largest absolute Gasteiger partial charge is 0 e. The minimum atomic E-state index is -4.41. The van der Waals surface area contributed by atoms with Crippen LogP contribution in [-0.4, -0.2) is 37.5 Å². The number of carbonyl (C=O) groups excluding carboxylic acids is 2. The van der Waals surface area contributed by atoms with Gasteiger partial charge in [-0.3, -0.25) is 0 Å². The van der Waals surface area contributed by atoms with Gasteiger partial charge in [0.1, 0.15) is 0 Å². The number of rotatable bonds is 4. The van der Waals surface area contributed by atoms with Crippen molar-refractivity contribution in [2.24, 2.45) is 0 Å². The number of benzene rings is 3. The van der Waals surface area contributed by atoms with Gasteiger partial charge in [0, 0.05) is 43.5 Å². The van der Waals surface area contributed by atoms with E-state index in [4.69, 9.17) is 32.7 Å². The molecule has 264 valence electrons. The van der Waals surface area contributed by atoms with E-state index in [0.29, 0.717) is 27.8 Å². The number of esters is 2. The van der Waals surface area contributed by atoms with Crippen LogP contribution in [0.5, 0.6) is 0 Å². The van der Waals surface area contributed by atoms with Crippen molar-refractivity contribution in [2.75, 3.05) is 14.2 Å². The van der Waals surface area contributed by atoms with Crippen LogP contribution < -0.4 is 5.30 Å². The van der Waals surface area contributed by atoms with Crippen LogP contribution in [0.2, 0.25) is 0 Å².